The van der Waals surface area contributed by atoms with Crippen molar-refractivity contribution in [1.82, 2.24) is 0 Å². The SMILES string of the molecule is CCC/C=N/Nc1ccc([N+](=O)[O-])cc1. The molecule has 80 valence electrons. The second kappa shape index (κ2) is 5.74. The molecule has 5 nitrogen and oxygen atoms in total. The van der Waals surface area contributed by atoms with Gasteiger partial charge in [0.2, 0.25) is 0 Å². The Balaban J connectivity index is 2.53. The molecule has 0 radical (unpaired) electrons. The predicted octanol–water partition coefficient (Wildman–Crippen LogP) is 2.79. The average Bonchev–Trinajstić information content (AvgIpc) is 2.25. The second-order valence-corrected chi connectivity index (χ2v) is 3.02. The van der Waals surface area contributed by atoms with Crippen molar-refractivity contribution < 1.29 is 4.92 Å². The number of benzene rings is 1. The smallest absolute Gasteiger partial charge is 0.269 e. The first-order chi connectivity index (χ1) is 7.24. The number of nitro benzene ring substituents is 1. The lowest BCUT2D eigenvalue weighted by Gasteiger charge is -1.98. The minimum Gasteiger partial charge on any atom is -0.279 e. The van der Waals surface area contributed by atoms with E-state index in [2.05, 4.69) is 17.5 Å². The fraction of sp³-hybridized carbons (Fsp3) is 0.300. The molecule has 1 N–H and O–H groups in total. The average molecular weight is 207 g/mol. The van der Waals surface area contributed by atoms with Crippen LogP contribution in [0.1, 0.15) is 19.8 Å². The minimum absolute atomic E-state index is 0.0816. The molecule has 1 rings (SSSR count). The van der Waals surface area contributed by atoms with Crippen molar-refractivity contribution in [2.24, 2.45) is 5.10 Å². The van der Waals surface area contributed by atoms with E-state index in [9.17, 15) is 10.1 Å². The van der Waals surface area contributed by atoms with Gasteiger partial charge in [0.15, 0.2) is 0 Å². The molecule has 0 unspecified atom stereocenters. The van der Waals surface area contributed by atoms with Gasteiger partial charge in [-0.1, -0.05) is 13.3 Å². The van der Waals surface area contributed by atoms with Gasteiger partial charge in [-0.2, -0.15) is 5.10 Å². The van der Waals surface area contributed by atoms with Gasteiger partial charge in [0, 0.05) is 18.3 Å². The first kappa shape index (κ1) is 11.2. The number of non-ortho nitro benzene ring substituents is 1. The Hall–Kier alpha value is -1.91. The van der Waals surface area contributed by atoms with Crippen molar-refractivity contribution in [2.45, 2.75) is 19.8 Å². The minimum atomic E-state index is -0.426. The number of hydrazone groups is 1. The van der Waals surface area contributed by atoms with Crippen molar-refractivity contribution in [2.75, 3.05) is 5.43 Å². The van der Waals surface area contributed by atoms with Crippen LogP contribution >= 0.6 is 0 Å². The highest BCUT2D eigenvalue weighted by atomic mass is 16.6. The summed E-state index contributed by atoms with van der Waals surface area (Å²) in [5, 5.41) is 14.3. The van der Waals surface area contributed by atoms with Crippen molar-refractivity contribution in [3.05, 3.63) is 34.4 Å². The van der Waals surface area contributed by atoms with Crippen LogP contribution in [0.15, 0.2) is 29.4 Å². The molecular weight excluding hydrogens is 194 g/mol. The number of hydrogen-bond acceptors (Lipinski definition) is 4. The number of rotatable bonds is 5. The Labute approximate surface area is 88.0 Å². The molecule has 0 bridgehead atoms. The summed E-state index contributed by atoms with van der Waals surface area (Å²) in [5.74, 6) is 0. The Morgan fingerprint density at radius 3 is 2.67 bits per heavy atom. The van der Waals surface area contributed by atoms with Crippen LogP contribution in [0.2, 0.25) is 0 Å². The van der Waals surface area contributed by atoms with Gasteiger partial charge in [-0.3, -0.25) is 15.5 Å². The highest BCUT2D eigenvalue weighted by Crippen LogP contribution is 2.14. The number of nitrogens with one attached hydrogen (secondary N) is 1. The monoisotopic (exact) mass is 207 g/mol. The topological polar surface area (TPSA) is 67.5 Å². The summed E-state index contributed by atoms with van der Waals surface area (Å²) in [4.78, 5) is 9.94. The maximum Gasteiger partial charge on any atom is 0.269 e. The number of nitro groups is 1. The van der Waals surface area contributed by atoms with Gasteiger partial charge in [0.05, 0.1) is 10.6 Å². The van der Waals surface area contributed by atoms with Crippen LogP contribution in [0.25, 0.3) is 0 Å². The molecule has 5 heteroatoms. The zero-order chi connectivity index (χ0) is 11.1. The van der Waals surface area contributed by atoms with E-state index in [1.54, 1.807) is 18.3 Å². The van der Waals surface area contributed by atoms with E-state index >= 15 is 0 Å². The van der Waals surface area contributed by atoms with Crippen LogP contribution in [-0.2, 0) is 0 Å². The summed E-state index contributed by atoms with van der Waals surface area (Å²) < 4.78 is 0. The van der Waals surface area contributed by atoms with Gasteiger partial charge in [0.1, 0.15) is 0 Å². The normalized spacial score (nSPS) is 10.5. The molecule has 0 heterocycles. The van der Waals surface area contributed by atoms with E-state index in [1.807, 2.05) is 0 Å². The van der Waals surface area contributed by atoms with Crippen molar-refractivity contribution in [3.63, 3.8) is 0 Å². The van der Waals surface area contributed by atoms with Crippen LogP contribution < -0.4 is 5.43 Å². The predicted molar refractivity (Wildman–Crippen MR) is 60.1 cm³/mol. The van der Waals surface area contributed by atoms with E-state index in [0.717, 1.165) is 18.5 Å². The van der Waals surface area contributed by atoms with Crippen molar-refractivity contribution >= 4 is 17.6 Å². The summed E-state index contributed by atoms with van der Waals surface area (Å²) in [5.41, 5.74) is 3.62. The summed E-state index contributed by atoms with van der Waals surface area (Å²) in [7, 11) is 0. The maximum atomic E-state index is 10.4. The molecule has 1 aromatic carbocycles. The molecule has 0 aliphatic carbocycles. The molecule has 0 spiro atoms. The molecular formula is C10H13N3O2. The van der Waals surface area contributed by atoms with Gasteiger partial charge in [-0.25, -0.2) is 0 Å². The highest BCUT2D eigenvalue weighted by Gasteiger charge is 2.02. The summed E-state index contributed by atoms with van der Waals surface area (Å²) >= 11 is 0. The molecule has 0 atom stereocenters. The van der Waals surface area contributed by atoms with Crippen LogP contribution in [0.3, 0.4) is 0 Å². The van der Waals surface area contributed by atoms with Gasteiger partial charge in [0.25, 0.3) is 5.69 Å². The van der Waals surface area contributed by atoms with E-state index in [4.69, 9.17) is 0 Å². The van der Waals surface area contributed by atoms with Crippen molar-refractivity contribution in [3.8, 4) is 0 Å². The van der Waals surface area contributed by atoms with Crippen LogP contribution in [0.5, 0.6) is 0 Å². The quantitative estimate of drug-likeness (QED) is 0.458. The first-order valence-corrected chi connectivity index (χ1v) is 4.76. The number of nitrogens with zero attached hydrogens (tertiary/aromatic N) is 2. The zero-order valence-electron chi connectivity index (χ0n) is 8.51. The van der Waals surface area contributed by atoms with E-state index in [1.165, 1.54) is 12.1 Å². The van der Waals surface area contributed by atoms with Gasteiger partial charge in [-0.15, -0.1) is 0 Å². The third kappa shape index (κ3) is 3.76. The largest absolute Gasteiger partial charge is 0.279 e. The Morgan fingerprint density at radius 1 is 1.47 bits per heavy atom. The van der Waals surface area contributed by atoms with E-state index in [0.29, 0.717) is 0 Å². The van der Waals surface area contributed by atoms with E-state index < -0.39 is 4.92 Å². The molecule has 15 heavy (non-hydrogen) atoms. The van der Waals surface area contributed by atoms with Crippen LogP contribution in [0.4, 0.5) is 11.4 Å². The Kier molecular flexibility index (Phi) is 4.28. The molecule has 0 aliphatic rings. The molecule has 0 aromatic heterocycles. The summed E-state index contributed by atoms with van der Waals surface area (Å²) in [6, 6.07) is 6.14. The standard InChI is InChI=1S/C10H13N3O2/c1-2-3-8-11-12-9-4-6-10(7-5-9)13(14)15/h4-8,12H,2-3H2,1H3/b11-8+. The lowest BCUT2D eigenvalue weighted by atomic mass is 10.3. The lowest BCUT2D eigenvalue weighted by Crippen LogP contribution is -1.91. The summed E-state index contributed by atoms with van der Waals surface area (Å²) in [6.45, 7) is 2.07. The number of hydrogen-bond donors (Lipinski definition) is 1. The molecule has 0 saturated carbocycles. The second-order valence-electron chi connectivity index (χ2n) is 3.02. The Morgan fingerprint density at radius 2 is 2.13 bits per heavy atom. The van der Waals surface area contributed by atoms with E-state index in [-0.39, 0.29) is 5.69 Å². The van der Waals surface area contributed by atoms with Crippen LogP contribution in [0, 0.1) is 10.1 Å². The third-order valence-electron chi connectivity index (χ3n) is 1.78. The highest BCUT2D eigenvalue weighted by molar-refractivity contribution is 5.59. The zero-order valence-corrected chi connectivity index (χ0v) is 8.51. The Bertz CT molecular complexity index is 346. The third-order valence-corrected chi connectivity index (χ3v) is 1.78. The fourth-order valence-corrected chi connectivity index (χ4v) is 0.972. The number of unbranched alkanes of at least 4 members (excludes halogenated alkanes) is 1. The fourth-order valence-electron chi connectivity index (χ4n) is 0.972. The van der Waals surface area contributed by atoms with Crippen LogP contribution in [-0.4, -0.2) is 11.1 Å². The molecule has 0 fully saturated rings. The first-order valence-electron chi connectivity index (χ1n) is 4.76. The molecule has 0 aliphatic heterocycles. The molecule has 0 saturated heterocycles. The molecule has 0 amide bonds. The summed E-state index contributed by atoms with van der Waals surface area (Å²) in [6.07, 6.45) is 3.74. The lowest BCUT2D eigenvalue weighted by molar-refractivity contribution is -0.384. The van der Waals surface area contributed by atoms with Gasteiger partial charge < -0.3 is 0 Å². The van der Waals surface area contributed by atoms with Gasteiger partial charge in [-0.05, 0) is 18.6 Å². The van der Waals surface area contributed by atoms with Gasteiger partial charge >= 0.3 is 0 Å². The maximum absolute atomic E-state index is 10.4. The number of anilines is 1. The molecule has 1 aromatic rings. The van der Waals surface area contributed by atoms with Crippen molar-refractivity contribution in [1.29, 1.82) is 0 Å².